The van der Waals surface area contributed by atoms with Crippen LogP contribution in [0.3, 0.4) is 0 Å². The molecule has 0 unspecified atom stereocenters. The van der Waals surface area contributed by atoms with Gasteiger partial charge >= 0.3 is 0 Å². The van der Waals surface area contributed by atoms with Gasteiger partial charge in [-0.15, -0.1) is 0 Å². The van der Waals surface area contributed by atoms with E-state index in [0.29, 0.717) is 6.42 Å². The van der Waals surface area contributed by atoms with Crippen molar-refractivity contribution in [1.82, 2.24) is 0 Å². The van der Waals surface area contributed by atoms with Crippen molar-refractivity contribution in [2.24, 2.45) is 5.92 Å². The molecule has 0 heterocycles. The Kier molecular flexibility index (Phi) is 9.92. The SMILES string of the molecule is C/C=C(/C/C(=C/[C@@H](C)/C=C/[N+](=O)[O-])CCC)OCC=O. The number of rotatable bonds is 10. The minimum Gasteiger partial charge on any atom is -0.491 e. The maximum Gasteiger partial charge on any atom is 0.231 e. The smallest absolute Gasteiger partial charge is 0.231 e. The predicted molar refractivity (Wildman–Crippen MR) is 78.7 cm³/mol. The quantitative estimate of drug-likeness (QED) is 0.201. The van der Waals surface area contributed by atoms with Gasteiger partial charge in [0.25, 0.3) is 0 Å². The molecule has 0 radical (unpaired) electrons. The molecule has 5 nitrogen and oxygen atoms in total. The van der Waals surface area contributed by atoms with Gasteiger partial charge < -0.3 is 4.74 Å². The molecule has 0 N–H and O–H groups in total. The Balaban J connectivity index is 4.76. The second-order valence-corrected chi connectivity index (χ2v) is 4.47. The molecule has 0 saturated heterocycles. The minimum atomic E-state index is -0.464. The molecule has 1 atom stereocenters. The van der Waals surface area contributed by atoms with Crippen LogP contribution in [0.4, 0.5) is 0 Å². The van der Waals surface area contributed by atoms with Crippen molar-refractivity contribution >= 4 is 6.29 Å². The lowest BCUT2D eigenvalue weighted by Gasteiger charge is -2.12. The first-order chi connectivity index (χ1) is 9.53. The Morgan fingerprint density at radius 1 is 1.45 bits per heavy atom. The van der Waals surface area contributed by atoms with Gasteiger partial charge in [0.05, 0.1) is 10.7 Å². The van der Waals surface area contributed by atoms with Gasteiger partial charge in [-0.05, 0) is 31.4 Å². The molecule has 0 aromatic carbocycles. The monoisotopic (exact) mass is 281 g/mol. The summed E-state index contributed by atoms with van der Waals surface area (Å²) in [6.07, 6.45) is 9.61. The average molecular weight is 281 g/mol. The van der Waals surface area contributed by atoms with E-state index in [4.69, 9.17) is 4.74 Å². The first kappa shape index (κ1) is 18.1. The molecule has 112 valence electrons. The van der Waals surface area contributed by atoms with E-state index >= 15 is 0 Å². The number of carbonyl (C=O) groups is 1. The second-order valence-electron chi connectivity index (χ2n) is 4.47. The van der Waals surface area contributed by atoms with Crippen molar-refractivity contribution in [3.8, 4) is 0 Å². The van der Waals surface area contributed by atoms with Crippen LogP contribution in [0.5, 0.6) is 0 Å². The Hall–Kier alpha value is -1.91. The molecule has 0 bridgehead atoms. The van der Waals surface area contributed by atoms with Crippen molar-refractivity contribution in [2.75, 3.05) is 6.61 Å². The van der Waals surface area contributed by atoms with Gasteiger partial charge in [0.1, 0.15) is 6.61 Å². The summed E-state index contributed by atoms with van der Waals surface area (Å²) >= 11 is 0. The van der Waals surface area contributed by atoms with E-state index in [1.54, 1.807) is 6.08 Å². The summed E-state index contributed by atoms with van der Waals surface area (Å²) in [6.45, 7) is 5.89. The summed E-state index contributed by atoms with van der Waals surface area (Å²) in [6, 6.07) is 0. The summed E-state index contributed by atoms with van der Waals surface area (Å²) in [5, 5.41) is 10.3. The van der Waals surface area contributed by atoms with Gasteiger partial charge in [0, 0.05) is 6.42 Å². The predicted octanol–water partition coefficient (Wildman–Crippen LogP) is 3.65. The maximum absolute atomic E-state index is 10.3. The van der Waals surface area contributed by atoms with Crippen LogP contribution >= 0.6 is 0 Å². The summed E-state index contributed by atoms with van der Waals surface area (Å²) in [4.78, 5) is 20.2. The van der Waals surface area contributed by atoms with Gasteiger partial charge in [-0.1, -0.05) is 31.9 Å². The van der Waals surface area contributed by atoms with Gasteiger partial charge in [-0.25, -0.2) is 0 Å². The van der Waals surface area contributed by atoms with E-state index < -0.39 is 4.92 Å². The molecule has 0 amide bonds. The van der Waals surface area contributed by atoms with E-state index in [2.05, 4.69) is 6.92 Å². The molecule has 0 aliphatic carbocycles. The van der Waals surface area contributed by atoms with Crippen LogP contribution < -0.4 is 0 Å². The fourth-order valence-electron chi connectivity index (χ4n) is 1.79. The highest BCUT2D eigenvalue weighted by Gasteiger charge is 2.05. The molecule has 0 saturated carbocycles. The van der Waals surface area contributed by atoms with Crippen LogP contribution in [-0.2, 0) is 9.53 Å². The van der Waals surface area contributed by atoms with E-state index in [1.807, 2.05) is 26.0 Å². The molecular formula is C15H23NO4. The van der Waals surface area contributed by atoms with Crippen LogP contribution in [-0.4, -0.2) is 17.8 Å². The Morgan fingerprint density at radius 2 is 2.15 bits per heavy atom. The van der Waals surface area contributed by atoms with Crippen molar-refractivity contribution in [3.05, 3.63) is 45.9 Å². The third-order valence-electron chi connectivity index (χ3n) is 2.64. The van der Waals surface area contributed by atoms with Crippen molar-refractivity contribution in [1.29, 1.82) is 0 Å². The Labute approximate surface area is 120 Å². The first-order valence-electron chi connectivity index (χ1n) is 6.76. The lowest BCUT2D eigenvalue weighted by atomic mass is 10.00. The molecule has 0 aliphatic heterocycles. The number of aldehydes is 1. The summed E-state index contributed by atoms with van der Waals surface area (Å²) in [7, 11) is 0. The van der Waals surface area contributed by atoms with E-state index in [9.17, 15) is 14.9 Å². The molecular weight excluding hydrogens is 258 g/mol. The van der Waals surface area contributed by atoms with Gasteiger partial charge in [0.15, 0.2) is 6.29 Å². The number of carbonyl (C=O) groups excluding carboxylic acids is 1. The molecule has 0 aromatic rings. The second kappa shape index (κ2) is 11.0. The Morgan fingerprint density at radius 3 is 2.65 bits per heavy atom. The zero-order valence-corrected chi connectivity index (χ0v) is 12.4. The molecule has 0 spiro atoms. The fourth-order valence-corrected chi connectivity index (χ4v) is 1.79. The van der Waals surface area contributed by atoms with Crippen LogP contribution in [0.25, 0.3) is 0 Å². The van der Waals surface area contributed by atoms with Crippen LogP contribution in [0.1, 0.15) is 40.0 Å². The lowest BCUT2D eigenvalue weighted by Crippen LogP contribution is -1.99. The van der Waals surface area contributed by atoms with E-state index in [-0.39, 0.29) is 12.5 Å². The number of hydrogen-bond donors (Lipinski definition) is 0. The van der Waals surface area contributed by atoms with Crippen LogP contribution in [0, 0.1) is 16.0 Å². The van der Waals surface area contributed by atoms with Gasteiger partial charge in [-0.3, -0.25) is 14.9 Å². The zero-order valence-electron chi connectivity index (χ0n) is 12.4. The van der Waals surface area contributed by atoms with Gasteiger partial charge in [0.2, 0.25) is 6.20 Å². The normalized spacial score (nSPS) is 14.3. The highest BCUT2D eigenvalue weighted by molar-refractivity contribution is 5.50. The topological polar surface area (TPSA) is 69.4 Å². The maximum atomic E-state index is 10.3. The number of nitro groups is 1. The number of hydrogen-bond acceptors (Lipinski definition) is 4. The van der Waals surface area contributed by atoms with Crippen molar-refractivity contribution < 1.29 is 14.5 Å². The van der Waals surface area contributed by atoms with Crippen molar-refractivity contribution in [2.45, 2.75) is 40.0 Å². The van der Waals surface area contributed by atoms with Crippen molar-refractivity contribution in [3.63, 3.8) is 0 Å². The first-order valence-corrected chi connectivity index (χ1v) is 6.76. The molecule has 5 heteroatoms. The highest BCUT2D eigenvalue weighted by Crippen LogP contribution is 2.19. The van der Waals surface area contributed by atoms with Gasteiger partial charge in [-0.2, -0.15) is 0 Å². The van der Waals surface area contributed by atoms with E-state index in [0.717, 1.165) is 36.7 Å². The lowest BCUT2D eigenvalue weighted by molar-refractivity contribution is -0.402. The third kappa shape index (κ3) is 9.08. The van der Waals surface area contributed by atoms with E-state index in [1.165, 1.54) is 0 Å². The summed E-state index contributed by atoms with van der Waals surface area (Å²) < 4.78 is 5.32. The summed E-state index contributed by atoms with van der Waals surface area (Å²) in [5.74, 6) is 0.744. The van der Waals surface area contributed by atoms with Crippen LogP contribution in [0.15, 0.2) is 35.8 Å². The zero-order chi connectivity index (χ0) is 15.4. The molecule has 20 heavy (non-hydrogen) atoms. The average Bonchev–Trinajstić information content (AvgIpc) is 2.41. The summed E-state index contributed by atoms with van der Waals surface area (Å²) in [5.41, 5.74) is 1.16. The number of nitrogens with zero attached hydrogens (tertiary/aromatic N) is 1. The molecule has 0 rings (SSSR count). The molecule has 0 fully saturated rings. The minimum absolute atomic E-state index is 0.00822. The number of allylic oxidation sites excluding steroid dienone is 4. The molecule has 0 aliphatic rings. The fraction of sp³-hybridized carbons (Fsp3) is 0.533. The molecule has 0 aromatic heterocycles. The standard InChI is InChI=1S/C15H23NO4/c1-4-6-14(11-13(3)7-8-16(18)19)12-15(5-2)20-10-9-17/h5,7-9,11,13H,4,6,10,12H2,1-3H3/b8-7+,14-11+,15-5-/t13-/m0/s1. The third-order valence-corrected chi connectivity index (χ3v) is 2.64. The Bertz CT molecular complexity index is 397. The van der Waals surface area contributed by atoms with Crippen LogP contribution in [0.2, 0.25) is 0 Å². The largest absolute Gasteiger partial charge is 0.491 e. The number of ether oxygens (including phenoxy) is 1. The highest BCUT2D eigenvalue weighted by atomic mass is 16.6.